The van der Waals surface area contributed by atoms with Crippen LogP contribution in [-0.2, 0) is 16.2 Å². The number of carbonyl (C=O) groups excluding carboxylic acids is 3. The lowest BCUT2D eigenvalue weighted by Gasteiger charge is -2.13. The van der Waals surface area contributed by atoms with Crippen molar-refractivity contribution in [1.82, 2.24) is 4.90 Å². The monoisotopic (exact) mass is 648 g/mol. The molecule has 0 radical (unpaired) electrons. The third kappa shape index (κ3) is 6.85. The molecule has 0 aliphatic carbocycles. The van der Waals surface area contributed by atoms with Gasteiger partial charge in [-0.3, -0.25) is 19.3 Å². The molecular formula is C27H22ClIN2O5S. The van der Waals surface area contributed by atoms with Crippen molar-refractivity contribution >= 4 is 74.8 Å². The Kier molecular flexibility index (Phi) is 8.78. The zero-order valence-electron chi connectivity index (χ0n) is 19.9. The predicted octanol–water partition coefficient (Wildman–Crippen LogP) is 6.52. The molecule has 1 fully saturated rings. The Morgan fingerprint density at radius 3 is 2.54 bits per heavy atom. The van der Waals surface area contributed by atoms with Crippen molar-refractivity contribution < 1.29 is 23.9 Å². The summed E-state index contributed by atoms with van der Waals surface area (Å²) in [6.07, 6.45) is 1.59. The van der Waals surface area contributed by atoms with E-state index in [2.05, 4.69) is 27.9 Å². The summed E-state index contributed by atoms with van der Waals surface area (Å²) in [6.45, 7) is 1.83. The van der Waals surface area contributed by atoms with Crippen molar-refractivity contribution in [3.05, 3.63) is 90.9 Å². The highest BCUT2D eigenvalue weighted by Crippen LogP contribution is 2.35. The highest BCUT2D eigenvalue weighted by atomic mass is 127. The first-order valence-corrected chi connectivity index (χ1v) is 13.4. The molecule has 1 aliphatic heterocycles. The number of methoxy groups -OCH3 is 1. The molecule has 0 aromatic heterocycles. The van der Waals surface area contributed by atoms with Gasteiger partial charge in [-0.15, -0.1) is 0 Å². The summed E-state index contributed by atoms with van der Waals surface area (Å²) in [6, 6.07) is 18.3. The number of carbonyl (C=O) groups is 3. The Hall–Kier alpha value is -3.02. The van der Waals surface area contributed by atoms with Gasteiger partial charge in [-0.05, 0) is 100 Å². The number of imide groups is 1. The van der Waals surface area contributed by atoms with E-state index in [1.807, 2.05) is 31.2 Å². The fourth-order valence-corrected chi connectivity index (χ4v) is 4.82. The first-order valence-electron chi connectivity index (χ1n) is 11.1. The van der Waals surface area contributed by atoms with Crippen molar-refractivity contribution in [2.24, 2.45) is 0 Å². The highest BCUT2D eigenvalue weighted by molar-refractivity contribution is 14.1. The molecule has 0 bridgehead atoms. The number of halogens is 2. The SMILES string of the molecule is COc1cc(/C=C2\SC(=O)N(CC(=O)Nc3ccc(C)c(Cl)c3)C2=O)ccc1OCc1ccc(I)cc1. The van der Waals surface area contributed by atoms with Crippen LogP contribution in [0.15, 0.2) is 65.6 Å². The second kappa shape index (κ2) is 12.0. The number of nitrogens with zero attached hydrogens (tertiary/aromatic N) is 1. The summed E-state index contributed by atoms with van der Waals surface area (Å²) in [7, 11) is 1.53. The molecule has 1 aliphatic rings. The number of ether oxygens (including phenoxy) is 2. The molecule has 4 rings (SSSR count). The Morgan fingerprint density at radius 2 is 1.84 bits per heavy atom. The quantitative estimate of drug-likeness (QED) is 0.221. The smallest absolute Gasteiger partial charge is 0.294 e. The molecule has 0 atom stereocenters. The first-order chi connectivity index (χ1) is 17.7. The molecule has 0 unspecified atom stereocenters. The number of hydrogen-bond acceptors (Lipinski definition) is 6. The van der Waals surface area contributed by atoms with E-state index >= 15 is 0 Å². The van der Waals surface area contributed by atoms with Crippen LogP contribution in [0.2, 0.25) is 5.02 Å². The van der Waals surface area contributed by atoms with Crippen LogP contribution in [0, 0.1) is 10.5 Å². The highest BCUT2D eigenvalue weighted by Gasteiger charge is 2.36. The minimum atomic E-state index is -0.537. The standard InChI is InChI=1S/C27H22ClIN2O5S/c1-16-3-9-20(13-21(16)28)30-25(32)14-31-26(33)24(37-27(31)34)12-18-6-10-22(23(11-18)35-2)36-15-17-4-7-19(29)8-5-17/h3-13H,14-15H2,1-2H3,(H,30,32)/b24-12-. The zero-order valence-corrected chi connectivity index (χ0v) is 23.6. The van der Waals surface area contributed by atoms with Gasteiger partial charge in [0, 0.05) is 14.3 Å². The van der Waals surface area contributed by atoms with Gasteiger partial charge in [0.15, 0.2) is 11.5 Å². The third-order valence-corrected chi connectivity index (χ3v) is 7.46. The lowest BCUT2D eigenvalue weighted by atomic mass is 10.1. The number of thioether (sulfide) groups is 1. The summed E-state index contributed by atoms with van der Waals surface area (Å²) in [5.41, 5.74) is 3.04. The maximum atomic E-state index is 12.9. The Bertz CT molecular complexity index is 1390. The van der Waals surface area contributed by atoms with E-state index in [4.69, 9.17) is 21.1 Å². The molecule has 3 amide bonds. The van der Waals surface area contributed by atoms with Gasteiger partial charge in [-0.1, -0.05) is 35.9 Å². The molecule has 1 heterocycles. The van der Waals surface area contributed by atoms with Crippen LogP contribution in [0.5, 0.6) is 11.5 Å². The van der Waals surface area contributed by atoms with Gasteiger partial charge < -0.3 is 14.8 Å². The number of nitrogens with one attached hydrogen (secondary N) is 1. The molecule has 3 aromatic carbocycles. The van der Waals surface area contributed by atoms with Gasteiger partial charge >= 0.3 is 0 Å². The van der Waals surface area contributed by atoms with E-state index in [-0.39, 0.29) is 4.91 Å². The second-order valence-electron chi connectivity index (χ2n) is 8.11. The van der Waals surface area contributed by atoms with Crippen LogP contribution in [0.4, 0.5) is 10.5 Å². The van der Waals surface area contributed by atoms with E-state index in [1.54, 1.807) is 42.5 Å². The molecular weight excluding hydrogens is 627 g/mol. The molecule has 190 valence electrons. The van der Waals surface area contributed by atoms with Crippen molar-refractivity contribution in [3.63, 3.8) is 0 Å². The summed E-state index contributed by atoms with van der Waals surface area (Å²) in [5, 5.41) is 2.65. The Morgan fingerprint density at radius 1 is 1.08 bits per heavy atom. The molecule has 3 aromatic rings. The van der Waals surface area contributed by atoms with Gasteiger partial charge in [0.1, 0.15) is 13.2 Å². The van der Waals surface area contributed by atoms with Gasteiger partial charge in [-0.2, -0.15) is 0 Å². The number of anilines is 1. The van der Waals surface area contributed by atoms with Crippen LogP contribution in [0.1, 0.15) is 16.7 Å². The zero-order chi connectivity index (χ0) is 26.5. The molecule has 1 N–H and O–H groups in total. The van der Waals surface area contributed by atoms with Crippen LogP contribution in [0.3, 0.4) is 0 Å². The summed E-state index contributed by atoms with van der Waals surface area (Å²) < 4.78 is 12.5. The van der Waals surface area contributed by atoms with Crippen molar-refractivity contribution in [3.8, 4) is 11.5 Å². The van der Waals surface area contributed by atoms with Crippen molar-refractivity contribution in [1.29, 1.82) is 0 Å². The van der Waals surface area contributed by atoms with Gasteiger partial charge in [0.2, 0.25) is 5.91 Å². The van der Waals surface area contributed by atoms with Crippen LogP contribution in [0.25, 0.3) is 6.08 Å². The summed E-state index contributed by atoms with van der Waals surface area (Å²) in [5.74, 6) is 0.0127. The van der Waals surface area contributed by atoms with Gasteiger partial charge in [0.25, 0.3) is 11.1 Å². The normalized spacial score (nSPS) is 14.3. The molecule has 37 heavy (non-hydrogen) atoms. The lowest BCUT2D eigenvalue weighted by Crippen LogP contribution is -2.36. The molecule has 0 spiro atoms. The van der Waals surface area contributed by atoms with Crippen LogP contribution >= 0.6 is 46.0 Å². The first kappa shape index (κ1) is 27.0. The largest absolute Gasteiger partial charge is 0.493 e. The second-order valence-corrected chi connectivity index (χ2v) is 10.8. The lowest BCUT2D eigenvalue weighted by molar-refractivity contribution is -0.127. The topological polar surface area (TPSA) is 84.9 Å². The van der Waals surface area contributed by atoms with E-state index in [0.717, 1.165) is 31.4 Å². The van der Waals surface area contributed by atoms with E-state index < -0.39 is 23.6 Å². The molecule has 0 saturated carbocycles. The van der Waals surface area contributed by atoms with Crippen LogP contribution < -0.4 is 14.8 Å². The van der Waals surface area contributed by atoms with Gasteiger partial charge in [-0.25, -0.2) is 0 Å². The molecule has 10 heteroatoms. The van der Waals surface area contributed by atoms with Gasteiger partial charge in [0.05, 0.1) is 12.0 Å². The number of aryl methyl sites for hydroxylation is 1. The summed E-state index contributed by atoms with van der Waals surface area (Å²) in [4.78, 5) is 38.9. The molecule has 7 nitrogen and oxygen atoms in total. The fourth-order valence-electron chi connectivity index (χ4n) is 3.44. The number of benzene rings is 3. The van der Waals surface area contributed by atoms with Crippen molar-refractivity contribution in [2.75, 3.05) is 19.0 Å². The number of amides is 3. The van der Waals surface area contributed by atoms with Crippen LogP contribution in [-0.4, -0.2) is 35.6 Å². The van der Waals surface area contributed by atoms with E-state index in [9.17, 15) is 14.4 Å². The minimum Gasteiger partial charge on any atom is -0.493 e. The number of hydrogen-bond donors (Lipinski definition) is 1. The minimum absolute atomic E-state index is 0.214. The third-order valence-electron chi connectivity index (χ3n) is 5.42. The average Bonchev–Trinajstić information content (AvgIpc) is 3.13. The predicted molar refractivity (Wildman–Crippen MR) is 154 cm³/mol. The maximum absolute atomic E-state index is 12.9. The maximum Gasteiger partial charge on any atom is 0.294 e. The van der Waals surface area contributed by atoms with Crippen molar-refractivity contribution in [2.45, 2.75) is 13.5 Å². The summed E-state index contributed by atoms with van der Waals surface area (Å²) >= 11 is 9.12. The van der Waals surface area contributed by atoms with E-state index in [0.29, 0.717) is 34.4 Å². The number of rotatable bonds is 8. The molecule has 1 saturated heterocycles. The Labute approximate surface area is 237 Å². The Balaban J connectivity index is 1.42. The average molecular weight is 649 g/mol. The van der Waals surface area contributed by atoms with E-state index in [1.165, 1.54) is 7.11 Å². The fraction of sp³-hybridized carbons (Fsp3) is 0.148.